The molecule has 0 aromatic carbocycles. The Labute approximate surface area is 147 Å². The van der Waals surface area contributed by atoms with Crippen molar-refractivity contribution in [3.05, 3.63) is 36.0 Å². The van der Waals surface area contributed by atoms with Gasteiger partial charge < -0.3 is 19.4 Å². The highest BCUT2D eigenvalue weighted by Crippen LogP contribution is 2.26. The maximum Gasteiger partial charge on any atom is 0.239 e. The van der Waals surface area contributed by atoms with E-state index < -0.39 is 6.10 Å². The summed E-state index contributed by atoms with van der Waals surface area (Å²) in [5.74, 6) is 1.55. The number of anilines is 1. The van der Waals surface area contributed by atoms with Crippen molar-refractivity contribution in [2.24, 2.45) is 0 Å². The average molecular weight is 347 g/mol. The molecule has 1 saturated heterocycles. The van der Waals surface area contributed by atoms with Crippen molar-refractivity contribution in [1.29, 1.82) is 0 Å². The number of rotatable bonds is 6. The van der Waals surface area contributed by atoms with Gasteiger partial charge in [0.2, 0.25) is 5.91 Å². The van der Waals surface area contributed by atoms with Gasteiger partial charge in [0.05, 0.1) is 12.8 Å². The van der Waals surface area contributed by atoms with Crippen molar-refractivity contribution in [1.82, 2.24) is 10.1 Å². The van der Waals surface area contributed by atoms with Crippen LogP contribution in [0.4, 0.5) is 5.82 Å². The standard InChI is InChI=1S/C18H25N3O4/c1-13-10-17(20-25-13)19-18(23)12-21-8-4-2-3-6-14(21)11-15(22)16-7-5-9-24-16/h5,7,9-10,14-15,22H,2-4,6,8,11-12H2,1H3,(H,19,20,23)/t14-,15-/m1/s1. The largest absolute Gasteiger partial charge is 0.467 e. The molecule has 25 heavy (non-hydrogen) atoms. The summed E-state index contributed by atoms with van der Waals surface area (Å²) in [6.45, 7) is 2.91. The Kier molecular flexibility index (Phi) is 5.88. The molecule has 2 N–H and O–H groups in total. The summed E-state index contributed by atoms with van der Waals surface area (Å²) in [4.78, 5) is 14.5. The van der Waals surface area contributed by atoms with Crippen LogP contribution in [0.25, 0.3) is 0 Å². The number of nitrogens with one attached hydrogen (secondary N) is 1. The number of carbonyl (C=O) groups is 1. The van der Waals surface area contributed by atoms with E-state index in [0.29, 0.717) is 23.8 Å². The van der Waals surface area contributed by atoms with Crippen LogP contribution in [0.15, 0.2) is 33.4 Å². The normalized spacial score (nSPS) is 20.2. The molecule has 7 nitrogen and oxygen atoms in total. The fourth-order valence-electron chi connectivity index (χ4n) is 3.36. The predicted molar refractivity (Wildman–Crippen MR) is 92.0 cm³/mol. The zero-order valence-corrected chi connectivity index (χ0v) is 14.5. The molecule has 0 bridgehead atoms. The highest BCUT2D eigenvalue weighted by molar-refractivity contribution is 5.91. The van der Waals surface area contributed by atoms with Crippen LogP contribution in [0.5, 0.6) is 0 Å². The maximum atomic E-state index is 12.3. The molecule has 1 aliphatic rings. The zero-order chi connectivity index (χ0) is 17.6. The monoisotopic (exact) mass is 347 g/mol. The minimum Gasteiger partial charge on any atom is -0.467 e. The lowest BCUT2D eigenvalue weighted by atomic mass is 10.0. The molecule has 0 saturated carbocycles. The Morgan fingerprint density at radius 2 is 2.36 bits per heavy atom. The number of hydrogen-bond donors (Lipinski definition) is 2. The first-order valence-electron chi connectivity index (χ1n) is 8.80. The van der Waals surface area contributed by atoms with Gasteiger partial charge in [0.15, 0.2) is 5.82 Å². The number of carbonyl (C=O) groups excluding carboxylic acids is 1. The van der Waals surface area contributed by atoms with E-state index in [2.05, 4.69) is 15.4 Å². The number of nitrogens with zero attached hydrogens (tertiary/aromatic N) is 2. The SMILES string of the molecule is Cc1cc(NC(=O)CN2CCCCC[C@@H]2C[C@@H](O)c2ccco2)no1. The van der Waals surface area contributed by atoms with Crippen LogP contribution in [0.3, 0.4) is 0 Å². The Bertz CT molecular complexity index is 668. The third-order valence-corrected chi connectivity index (χ3v) is 4.61. The van der Waals surface area contributed by atoms with Gasteiger partial charge in [0.1, 0.15) is 17.6 Å². The summed E-state index contributed by atoms with van der Waals surface area (Å²) in [5, 5.41) is 17.0. The van der Waals surface area contributed by atoms with Crippen molar-refractivity contribution in [3.8, 4) is 0 Å². The minimum absolute atomic E-state index is 0.118. The number of aryl methyl sites for hydroxylation is 1. The highest BCUT2D eigenvalue weighted by atomic mass is 16.5. The lowest BCUT2D eigenvalue weighted by Gasteiger charge is -2.30. The third-order valence-electron chi connectivity index (χ3n) is 4.61. The van der Waals surface area contributed by atoms with Gasteiger partial charge in [0.25, 0.3) is 0 Å². The number of aliphatic hydroxyl groups is 1. The number of hydrogen-bond acceptors (Lipinski definition) is 6. The summed E-state index contributed by atoms with van der Waals surface area (Å²) in [6.07, 6.45) is 5.75. The summed E-state index contributed by atoms with van der Waals surface area (Å²) >= 11 is 0. The van der Waals surface area contributed by atoms with Crippen molar-refractivity contribution < 1.29 is 18.8 Å². The first-order valence-corrected chi connectivity index (χ1v) is 8.80. The van der Waals surface area contributed by atoms with E-state index in [9.17, 15) is 9.90 Å². The van der Waals surface area contributed by atoms with E-state index >= 15 is 0 Å². The van der Waals surface area contributed by atoms with E-state index in [1.165, 1.54) is 0 Å². The molecule has 7 heteroatoms. The van der Waals surface area contributed by atoms with Gasteiger partial charge in [-0.15, -0.1) is 0 Å². The topological polar surface area (TPSA) is 91.7 Å². The number of amides is 1. The fraction of sp³-hybridized carbons (Fsp3) is 0.556. The van der Waals surface area contributed by atoms with Crippen LogP contribution in [0.1, 0.15) is 49.7 Å². The summed E-state index contributed by atoms with van der Waals surface area (Å²) in [7, 11) is 0. The first-order chi connectivity index (χ1) is 12.1. The minimum atomic E-state index is -0.651. The lowest BCUT2D eigenvalue weighted by Crippen LogP contribution is -2.41. The molecule has 136 valence electrons. The quantitative estimate of drug-likeness (QED) is 0.835. The van der Waals surface area contributed by atoms with Gasteiger partial charge in [-0.2, -0.15) is 0 Å². The van der Waals surface area contributed by atoms with E-state index in [-0.39, 0.29) is 18.5 Å². The summed E-state index contributed by atoms with van der Waals surface area (Å²) in [6, 6.07) is 5.40. The van der Waals surface area contributed by atoms with Crippen LogP contribution >= 0.6 is 0 Å². The second kappa shape index (κ2) is 8.31. The molecular weight excluding hydrogens is 322 g/mol. The van der Waals surface area contributed by atoms with Crippen LogP contribution < -0.4 is 5.32 Å². The first kappa shape index (κ1) is 17.7. The van der Waals surface area contributed by atoms with Gasteiger partial charge in [-0.05, 0) is 44.9 Å². The number of likely N-dealkylation sites (tertiary alicyclic amines) is 1. The molecule has 3 heterocycles. The molecule has 2 aromatic rings. The van der Waals surface area contributed by atoms with Gasteiger partial charge in [0, 0.05) is 12.1 Å². The van der Waals surface area contributed by atoms with Crippen molar-refractivity contribution >= 4 is 11.7 Å². The molecule has 0 unspecified atom stereocenters. The Morgan fingerprint density at radius 3 is 3.08 bits per heavy atom. The Morgan fingerprint density at radius 1 is 1.48 bits per heavy atom. The van der Waals surface area contributed by atoms with Crippen LogP contribution in [-0.4, -0.2) is 40.2 Å². The highest BCUT2D eigenvalue weighted by Gasteiger charge is 2.26. The van der Waals surface area contributed by atoms with E-state index in [1.807, 2.05) is 0 Å². The number of aromatic nitrogens is 1. The van der Waals surface area contributed by atoms with E-state index in [0.717, 1.165) is 32.2 Å². The van der Waals surface area contributed by atoms with Crippen LogP contribution in [-0.2, 0) is 4.79 Å². The smallest absolute Gasteiger partial charge is 0.239 e. The van der Waals surface area contributed by atoms with Gasteiger partial charge in [-0.3, -0.25) is 9.69 Å². The Hall–Kier alpha value is -2.12. The molecular formula is C18H25N3O4. The van der Waals surface area contributed by atoms with Crippen LogP contribution in [0, 0.1) is 6.92 Å². The van der Waals surface area contributed by atoms with Crippen molar-refractivity contribution in [3.63, 3.8) is 0 Å². The lowest BCUT2D eigenvalue weighted by molar-refractivity contribution is -0.118. The number of furan rings is 1. The molecule has 0 aliphatic carbocycles. The van der Waals surface area contributed by atoms with Crippen molar-refractivity contribution in [2.45, 2.75) is 51.2 Å². The molecule has 1 amide bonds. The second-order valence-electron chi connectivity index (χ2n) is 6.61. The van der Waals surface area contributed by atoms with Gasteiger partial charge in [-0.25, -0.2) is 0 Å². The molecule has 0 radical (unpaired) electrons. The molecule has 0 spiro atoms. The van der Waals surface area contributed by atoms with Gasteiger partial charge >= 0.3 is 0 Å². The molecule has 1 aliphatic heterocycles. The second-order valence-corrected chi connectivity index (χ2v) is 6.61. The average Bonchev–Trinajstić information content (AvgIpc) is 3.19. The predicted octanol–water partition coefficient (Wildman–Crippen LogP) is 2.88. The summed E-state index contributed by atoms with van der Waals surface area (Å²) < 4.78 is 10.3. The molecule has 2 atom stereocenters. The molecule has 3 rings (SSSR count). The Balaban J connectivity index is 1.60. The number of aliphatic hydroxyl groups excluding tert-OH is 1. The molecule has 2 aromatic heterocycles. The van der Waals surface area contributed by atoms with Gasteiger partial charge in [-0.1, -0.05) is 18.0 Å². The van der Waals surface area contributed by atoms with Crippen molar-refractivity contribution in [2.75, 3.05) is 18.4 Å². The molecule has 1 fully saturated rings. The van der Waals surface area contributed by atoms with E-state index in [4.69, 9.17) is 8.94 Å². The van der Waals surface area contributed by atoms with E-state index in [1.54, 1.807) is 31.4 Å². The van der Waals surface area contributed by atoms with Crippen LogP contribution in [0.2, 0.25) is 0 Å². The fourth-order valence-corrected chi connectivity index (χ4v) is 3.36. The zero-order valence-electron chi connectivity index (χ0n) is 14.5. The maximum absolute atomic E-state index is 12.3. The third kappa shape index (κ3) is 4.93. The summed E-state index contributed by atoms with van der Waals surface area (Å²) in [5.41, 5.74) is 0.